The molecule has 0 saturated carbocycles. The van der Waals surface area contributed by atoms with Gasteiger partial charge >= 0.3 is 5.97 Å². The van der Waals surface area contributed by atoms with E-state index in [1.165, 1.54) is 4.68 Å². The molecule has 19 heavy (non-hydrogen) atoms. The lowest BCUT2D eigenvalue weighted by atomic mass is 10.2. The molecule has 2 aromatic rings. The molecule has 0 fully saturated rings. The summed E-state index contributed by atoms with van der Waals surface area (Å²) < 4.78 is 6.74. The molecule has 0 amide bonds. The average molecular weight is 281 g/mol. The third kappa shape index (κ3) is 2.56. The van der Waals surface area contributed by atoms with Crippen molar-refractivity contribution >= 4 is 17.6 Å². The fourth-order valence-corrected chi connectivity index (χ4v) is 2.12. The van der Waals surface area contributed by atoms with Crippen LogP contribution in [-0.2, 0) is 0 Å². The molecular formula is C13H13ClN2O3. The van der Waals surface area contributed by atoms with E-state index in [9.17, 15) is 4.79 Å². The molecule has 5 nitrogen and oxygen atoms in total. The van der Waals surface area contributed by atoms with E-state index in [4.69, 9.17) is 21.4 Å². The van der Waals surface area contributed by atoms with Crippen LogP contribution in [0, 0.1) is 6.92 Å². The summed E-state index contributed by atoms with van der Waals surface area (Å²) in [6, 6.07) is 7.11. The van der Waals surface area contributed by atoms with Gasteiger partial charge in [-0.3, -0.25) is 0 Å². The van der Waals surface area contributed by atoms with Gasteiger partial charge in [0.15, 0.2) is 0 Å². The van der Waals surface area contributed by atoms with Crippen LogP contribution >= 0.6 is 11.6 Å². The van der Waals surface area contributed by atoms with Gasteiger partial charge < -0.3 is 9.84 Å². The molecule has 2 rings (SSSR count). The minimum Gasteiger partial charge on any atom is -0.494 e. The van der Waals surface area contributed by atoms with Gasteiger partial charge in [-0.25, -0.2) is 9.48 Å². The quantitative estimate of drug-likeness (QED) is 0.935. The molecule has 6 heteroatoms. The Morgan fingerprint density at radius 3 is 2.53 bits per heavy atom. The van der Waals surface area contributed by atoms with Crippen molar-refractivity contribution in [2.75, 3.05) is 6.61 Å². The summed E-state index contributed by atoms with van der Waals surface area (Å²) in [4.78, 5) is 11.1. The van der Waals surface area contributed by atoms with E-state index in [2.05, 4.69) is 5.10 Å². The highest BCUT2D eigenvalue weighted by Gasteiger charge is 2.20. The Bertz CT molecular complexity index is 605. The van der Waals surface area contributed by atoms with Crippen LogP contribution in [0.2, 0.25) is 5.15 Å². The first-order valence-electron chi connectivity index (χ1n) is 5.76. The number of nitrogens with zero attached hydrogens (tertiary/aromatic N) is 2. The van der Waals surface area contributed by atoms with Gasteiger partial charge in [0.05, 0.1) is 18.0 Å². The van der Waals surface area contributed by atoms with E-state index in [0.717, 1.165) is 5.75 Å². The number of halogens is 1. The number of aromatic nitrogens is 2. The second kappa shape index (κ2) is 5.32. The van der Waals surface area contributed by atoms with Crippen molar-refractivity contribution in [3.8, 4) is 11.4 Å². The molecular weight excluding hydrogens is 268 g/mol. The molecule has 0 atom stereocenters. The monoisotopic (exact) mass is 280 g/mol. The molecule has 1 aromatic heterocycles. The first-order chi connectivity index (χ1) is 9.04. The Kier molecular flexibility index (Phi) is 3.76. The number of ether oxygens (including phenoxy) is 1. The lowest BCUT2D eigenvalue weighted by molar-refractivity contribution is 0.0696. The predicted octanol–water partition coefficient (Wildman–Crippen LogP) is 2.93. The normalized spacial score (nSPS) is 10.5. The molecule has 0 aliphatic heterocycles. The van der Waals surface area contributed by atoms with Gasteiger partial charge in [-0.15, -0.1) is 0 Å². The molecule has 1 N–H and O–H groups in total. The lowest BCUT2D eigenvalue weighted by Crippen LogP contribution is -1.99. The minimum absolute atomic E-state index is 0.0237. The second-order valence-electron chi connectivity index (χ2n) is 3.90. The number of hydrogen-bond donors (Lipinski definition) is 1. The van der Waals surface area contributed by atoms with Crippen LogP contribution in [0.1, 0.15) is 23.0 Å². The number of carboxylic acid groups (broad SMARTS) is 1. The number of aryl methyl sites for hydroxylation is 1. The molecule has 0 saturated heterocycles. The first-order valence-corrected chi connectivity index (χ1v) is 6.14. The molecule has 0 aliphatic carbocycles. The molecule has 0 aliphatic rings. The predicted molar refractivity (Wildman–Crippen MR) is 71.4 cm³/mol. The molecule has 100 valence electrons. The van der Waals surface area contributed by atoms with Gasteiger partial charge in [0.2, 0.25) is 0 Å². The van der Waals surface area contributed by atoms with Crippen molar-refractivity contribution < 1.29 is 14.6 Å². The Labute approximate surface area is 115 Å². The van der Waals surface area contributed by atoms with Gasteiger partial charge in [0.1, 0.15) is 16.5 Å². The van der Waals surface area contributed by atoms with E-state index in [-0.39, 0.29) is 10.7 Å². The summed E-state index contributed by atoms with van der Waals surface area (Å²) in [5.74, 6) is -0.343. The van der Waals surface area contributed by atoms with Gasteiger partial charge in [-0.2, -0.15) is 5.10 Å². The third-order valence-electron chi connectivity index (χ3n) is 2.61. The van der Waals surface area contributed by atoms with Crippen molar-refractivity contribution in [3.05, 3.63) is 40.7 Å². The number of rotatable bonds is 4. The van der Waals surface area contributed by atoms with Crippen LogP contribution in [-0.4, -0.2) is 27.5 Å². The van der Waals surface area contributed by atoms with Crippen LogP contribution < -0.4 is 4.74 Å². The highest BCUT2D eigenvalue weighted by molar-refractivity contribution is 6.32. The van der Waals surface area contributed by atoms with E-state index in [0.29, 0.717) is 18.0 Å². The largest absolute Gasteiger partial charge is 0.494 e. The second-order valence-corrected chi connectivity index (χ2v) is 4.25. The molecule has 1 aromatic carbocycles. The smallest absolute Gasteiger partial charge is 0.340 e. The molecule has 0 radical (unpaired) electrons. The van der Waals surface area contributed by atoms with Crippen molar-refractivity contribution in [2.45, 2.75) is 13.8 Å². The summed E-state index contributed by atoms with van der Waals surface area (Å²) in [7, 11) is 0. The van der Waals surface area contributed by atoms with Gasteiger partial charge in [-0.05, 0) is 38.1 Å². The van der Waals surface area contributed by atoms with Gasteiger partial charge in [0, 0.05) is 0 Å². The van der Waals surface area contributed by atoms with Gasteiger partial charge in [-0.1, -0.05) is 11.6 Å². The Morgan fingerprint density at radius 1 is 1.42 bits per heavy atom. The maximum Gasteiger partial charge on any atom is 0.340 e. The maximum atomic E-state index is 11.1. The van der Waals surface area contributed by atoms with Crippen LogP contribution in [0.5, 0.6) is 5.75 Å². The third-order valence-corrected chi connectivity index (χ3v) is 2.96. The number of benzene rings is 1. The fraction of sp³-hybridized carbons (Fsp3) is 0.231. The molecule has 0 bridgehead atoms. The average Bonchev–Trinajstić information content (AvgIpc) is 2.66. The molecule has 1 heterocycles. The highest BCUT2D eigenvalue weighted by Crippen LogP contribution is 2.24. The van der Waals surface area contributed by atoms with Gasteiger partial charge in [0.25, 0.3) is 0 Å². The summed E-state index contributed by atoms with van der Waals surface area (Å²) in [5.41, 5.74) is 1.09. The minimum atomic E-state index is -1.08. The first kappa shape index (κ1) is 13.4. The van der Waals surface area contributed by atoms with Crippen LogP contribution in [0.15, 0.2) is 24.3 Å². The van der Waals surface area contributed by atoms with E-state index < -0.39 is 5.97 Å². The zero-order valence-corrected chi connectivity index (χ0v) is 11.3. The van der Waals surface area contributed by atoms with E-state index >= 15 is 0 Å². The topological polar surface area (TPSA) is 64.4 Å². The van der Waals surface area contributed by atoms with Crippen molar-refractivity contribution in [2.24, 2.45) is 0 Å². The SMILES string of the molecule is CCOc1ccc(-n2nc(C)c(C(=O)O)c2Cl)cc1. The highest BCUT2D eigenvalue weighted by atomic mass is 35.5. The summed E-state index contributed by atoms with van der Waals surface area (Å²) in [6.45, 7) is 4.10. The van der Waals surface area contributed by atoms with Crippen LogP contribution in [0.3, 0.4) is 0 Å². The number of carboxylic acids is 1. The van der Waals surface area contributed by atoms with E-state index in [1.54, 1.807) is 31.2 Å². The van der Waals surface area contributed by atoms with Crippen LogP contribution in [0.25, 0.3) is 5.69 Å². The fourth-order valence-electron chi connectivity index (χ4n) is 1.76. The number of carbonyl (C=O) groups is 1. The number of hydrogen-bond acceptors (Lipinski definition) is 3. The van der Waals surface area contributed by atoms with Crippen LogP contribution in [0.4, 0.5) is 0 Å². The lowest BCUT2D eigenvalue weighted by Gasteiger charge is -2.06. The maximum absolute atomic E-state index is 11.1. The zero-order chi connectivity index (χ0) is 14.0. The Morgan fingerprint density at radius 2 is 2.05 bits per heavy atom. The standard InChI is InChI=1S/C13H13ClN2O3/c1-3-19-10-6-4-9(5-7-10)16-12(14)11(13(17)18)8(2)15-16/h4-7H,3H2,1-2H3,(H,17,18). The summed E-state index contributed by atoms with van der Waals surface area (Å²) in [5, 5.41) is 13.3. The van der Waals surface area contributed by atoms with Crippen molar-refractivity contribution in [1.82, 2.24) is 9.78 Å². The summed E-state index contributed by atoms with van der Waals surface area (Å²) >= 11 is 6.05. The summed E-state index contributed by atoms with van der Waals surface area (Å²) in [6.07, 6.45) is 0. The van der Waals surface area contributed by atoms with E-state index in [1.807, 2.05) is 6.92 Å². The Balaban J connectivity index is 2.42. The van der Waals surface area contributed by atoms with Crippen molar-refractivity contribution in [3.63, 3.8) is 0 Å². The Hall–Kier alpha value is -2.01. The number of aromatic carboxylic acids is 1. The molecule has 0 spiro atoms. The molecule has 0 unspecified atom stereocenters. The zero-order valence-electron chi connectivity index (χ0n) is 10.6. The van der Waals surface area contributed by atoms with Crippen molar-refractivity contribution in [1.29, 1.82) is 0 Å².